The molecule has 1 aromatic heterocycles. The summed E-state index contributed by atoms with van der Waals surface area (Å²) in [7, 11) is 3.63. The van der Waals surface area contributed by atoms with E-state index in [1.54, 1.807) is 7.11 Å². The number of likely N-dealkylation sites (tertiary alicyclic amines) is 1. The van der Waals surface area contributed by atoms with Gasteiger partial charge in [-0.1, -0.05) is 6.42 Å². The van der Waals surface area contributed by atoms with Gasteiger partial charge >= 0.3 is 0 Å². The molecular weight excluding hydrogens is 270 g/mol. The first-order valence-electron chi connectivity index (χ1n) is 7.74. The molecule has 118 valence electrons. The van der Waals surface area contributed by atoms with Crippen LogP contribution >= 0.6 is 0 Å². The van der Waals surface area contributed by atoms with E-state index in [-0.39, 0.29) is 6.29 Å². The minimum atomic E-state index is -0.0757. The fraction of sp³-hybridized carbons (Fsp3) is 0.800. The zero-order chi connectivity index (χ0) is 14.8. The van der Waals surface area contributed by atoms with Gasteiger partial charge in [-0.15, -0.1) is 0 Å². The molecule has 0 N–H and O–H groups in total. The average molecular weight is 295 g/mol. The highest BCUT2D eigenvalue weighted by Crippen LogP contribution is 2.29. The van der Waals surface area contributed by atoms with Crippen molar-refractivity contribution >= 4 is 0 Å². The van der Waals surface area contributed by atoms with E-state index in [2.05, 4.69) is 10.00 Å². The zero-order valence-corrected chi connectivity index (χ0v) is 13.2. The number of rotatable bonds is 4. The molecule has 2 fully saturated rings. The first-order chi connectivity index (χ1) is 10.2. The summed E-state index contributed by atoms with van der Waals surface area (Å²) < 4.78 is 18.8. The van der Waals surface area contributed by atoms with E-state index in [1.165, 1.54) is 18.4 Å². The van der Waals surface area contributed by atoms with E-state index in [1.807, 2.05) is 18.7 Å². The lowest BCUT2D eigenvalue weighted by molar-refractivity contribution is -0.111. The van der Waals surface area contributed by atoms with Crippen LogP contribution < -0.4 is 4.74 Å². The maximum absolute atomic E-state index is 5.74. The van der Waals surface area contributed by atoms with Gasteiger partial charge in [0.1, 0.15) is 0 Å². The molecule has 0 saturated carbocycles. The fourth-order valence-corrected chi connectivity index (χ4v) is 3.44. The molecule has 0 bridgehead atoms. The molecular formula is C15H25N3O3. The van der Waals surface area contributed by atoms with Crippen LogP contribution in [-0.2, 0) is 23.1 Å². The number of methoxy groups -OCH3 is 1. The summed E-state index contributed by atoms with van der Waals surface area (Å²) in [6, 6.07) is 0.338. The van der Waals surface area contributed by atoms with Gasteiger partial charge in [0.15, 0.2) is 6.29 Å². The molecule has 2 saturated heterocycles. The van der Waals surface area contributed by atoms with Crippen molar-refractivity contribution < 1.29 is 14.2 Å². The molecule has 21 heavy (non-hydrogen) atoms. The Morgan fingerprint density at radius 3 is 2.76 bits per heavy atom. The van der Waals surface area contributed by atoms with Crippen LogP contribution in [0.1, 0.15) is 30.5 Å². The van der Waals surface area contributed by atoms with Crippen molar-refractivity contribution in [1.29, 1.82) is 0 Å². The number of hydrogen-bond acceptors (Lipinski definition) is 5. The minimum absolute atomic E-state index is 0.0757. The fourth-order valence-electron chi connectivity index (χ4n) is 3.44. The van der Waals surface area contributed by atoms with Crippen LogP contribution in [0.4, 0.5) is 0 Å². The Labute approximate surface area is 126 Å². The van der Waals surface area contributed by atoms with Gasteiger partial charge in [0.05, 0.1) is 37.6 Å². The number of nitrogens with zero attached hydrogens (tertiary/aromatic N) is 3. The van der Waals surface area contributed by atoms with E-state index >= 15 is 0 Å². The molecule has 0 amide bonds. The van der Waals surface area contributed by atoms with Crippen LogP contribution in [0.15, 0.2) is 0 Å². The molecule has 6 heteroatoms. The van der Waals surface area contributed by atoms with Gasteiger partial charge < -0.3 is 14.2 Å². The van der Waals surface area contributed by atoms with E-state index in [4.69, 9.17) is 14.2 Å². The highest BCUT2D eigenvalue weighted by Gasteiger charge is 2.34. The predicted octanol–water partition coefficient (Wildman–Crippen LogP) is 1.46. The van der Waals surface area contributed by atoms with Gasteiger partial charge in [0.25, 0.3) is 0 Å². The SMILES string of the molecule is COc1c(CN2CCCCC2C2OCCO2)c(C)nn1C. The molecule has 3 rings (SSSR count). The van der Waals surface area contributed by atoms with Crippen LogP contribution in [0, 0.1) is 6.92 Å². The van der Waals surface area contributed by atoms with E-state index in [0.717, 1.165) is 31.1 Å². The van der Waals surface area contributed by atoms with Gasteiger partial charge in [-0.2, -0.15) is 5.10 Å². The summed E-state index contributed by atoms with van der Waals surface area (Å²) in [4.78, 5) is 2.46. The largest absolute Gasteiger partial charge is 0.481 e. The first-order valence-corrected chi connectivity index (χ1v) is 7.74. The second kappa shape index (κ2) is 6.34. The Kier molecular flexibility index (Phi) is 4.47. The van der Waals surface area contributed by atoms with Crippen LogP contribution in [0.2, 0.25) is 0 Å². The van der Waals surface area contributed by atoms with Gasteiger partial charge in [0, 0.05) is 13.6 Å². The van der Waals surface area contributed by atoms with Crippen molar-refractivity contribution in [3.05, 3.63) is 11.3 Å². The Morgan fingerprint density at radius 2 is 2.05 bits per heavy atom. The topological polar surface area (TPSA) is 48.8 Å². The summed E-state index contributed by atoms with van der Waals surface area (Å²) in [5.74, 6) is 0.852. The van der Waals surface area contributed by atoms with Crippen molar-refractivity contribution in [3.63, 3.8) is 0 Å². The minimum Gasteiger partial charge on any atom is -0.481 e. The van der Waals surface area contributed by atoms with Crippen molar-refractivity contribution in [2.75, 3.05) is 26.9 Å². The molecule has 6 nitrogen and oxygen atoms in total. The normalized spacial score (nSPS) is 24.6. The number of aryl methyl sites for hydroxylation is 2. The van der Waals surface area contributed by atoms with Gasteiger partial charge in [0.2, 0.25) is 5.88 Å². The van der Waals surface area contributed by atoms with Gasteiger partial charge in [-0.25, -0.2) is 4.68 Å². The summed E-state index contributed by atoms with van der Waals surface area (Å²) in [6.45, 7) is 5.38. The van der Waals surface area contributed by atoms with Crippen molar-refractivity contribution in [3.8, 4) is 5.88 Å². The Balaban J connectivity index is 1.78. The van der Waals surface area contributed by atoms with Crippen molar-refractivity contribution in [2.24, 2.45) is 7.05 Å². The van der Waals surface area contributed by atoms with Gasteiger partial charge in [-0.3, -0.25) is 4.90 Å². The smallest absolute Gasteiger partial charge is 0.216 e. The lowest BCUT2D eigenvalue weighted by atomic mass is 10.0. The first kappa shape index (κ1) is 14.8. The second-order valence-electron chi connectivity index (χ2n) is 5.84. The van der Waals surface area contributed by atoms with E-state index in [0.29, 0.717) is 19.3 Å². The molecule has 0 aromatic carbocycles. The Bertz CT molecular complexity index is 483. The molecule has 1 atom stereocenters. The lowest BCUT2D eigenvalue weighted by Gasteiger charge is -2.37. The number of aromatic nitrogens is 2. The molecule has 1 unspecified atom stereocenters. The molecule has 0 radical (unpaired) electrons. The molecule has 2 aliphatic rings. The monoisotopic (exact) mass is 295 g/mol. The highest BCUT2D eigenvalue weighted by molar-refractivity contribution is 5.31. The Hall–Kier alpha value is -1.11. The lowest BCUT2D eigenvalue weighted by Crippen LogP contribution is -2.46. The third-order valence-electron chi connectivity index (χ3n) is 4.47. The maximum Gasteiger partial charge on any atom is 0.216 e. The van der Waals surface area contributed by atoms with Crippen LogP contribution in [0.5, 0.6) is 5.88 Å². The molecule has 3 heterocycles. The van der Waals surface area contributed by atoms with Crippen LogP contribution in [-0.4, -0.2) is 53.9 Å². The molecule has 0 aliphatic carbocycles. The van der Waals surface area contributed by atoms with Crippen molar-refractivity contribution in [2.45, 2.75) is 45.1 Å². The molecule has 1 aromatic rings. The summed E-state index contributed by atoms with van der Waals surface area (Å²) in [6.07, 6.45) is 3.53. The standard InChI is InChI=1S/C15H25N3O3/c1-11-12(14(19-3)17(2)16-11)10-18-7-5-4-6-13(18)15-20-8-9-21-15/h13,15H,4-10H2,1-3H3. The average Bonchev–Trinajstić information content (AvgIpc) is 3.09. The van der Waals surface area contributed by atoms with Crippen LogP contribution in [0.25, 0.3) is 0 Å². The third kappa shape index (κ3) is 2.93. The summed E-state index contributed by atoms with van der Waals surface area (Å²) in [5, 5.41) is 4.47. The molecule has 2 aliphatic heterocycles. The van der Waals surface area contributed by atoms with E-state index < -0.39 is 0 Å². The molecule has 0 spiro atoms. The summed E-state index contributed by atoms with van der Waals surface area (Å²) >= 11 is 0. The number of hydrogen-bond donors (Lipinski definition) is 0. The quantitative estimate of drug-likeness (QED) is 0.842. The van der Waals surface area contributed by atoms with Gasteiger partial charge in [-0.05, 0) is 26.3 Å². The highest BCUT2D eigenvalue weighted by atomic mass is 16.7. The third-order valence-corrected chi connectivity index (χ3v) is 4.47. The predicted molar refractivity (Wildman–Crippen MR) is 78.2 cm³/mol. The maximum atomic E-state index is 5.74. The number of ether oxygens (including phenoxy) is 3. The summed E-state index contributed by atoms with van der Waals surface area (Å²) in [5.41, 5.74) is 2.21. The van der Waals surface area contributed by atoms with Crippen molar-refractivity contribution in [1.82, 2.24) is 14.7 Å². The number of piperidine rings is 1. The van der Waals surface area contributed by atoms with Crippen LogP contribution in [0.3, 0.4) is 0 Å². The van der Waals surface area contributed by atoms with E-state index in [9.17, 15) is 0 Å². The zero-order valence-electron chi connectivity index (χ0n) is 13.2. The second-order valence-corrected chi connectivity index (χ2v) is 5.84. The Morgan fingerprint density at radius 1 is 1.29 bits per heavy atom.